The Morgan fingerprint density at radius 1 is 0.906 bits per heavy atom. The predicted octanol–water partition coefficient (Wildman–Crippen LogP) is 4.71. The lowest BCUT2D eigenvalue weighted by molar-refractivity contribution is -0.126. The summed E-state index contributed by atoms with van der Waals surface area (Å²) in [5.41, 5.74) is 2.95. The number of ether oxygens (including phenoxy) is 1. The van der Waals surface area contributed by atoms with Gasteiger partial charge in [0, 0.05) is 5.02 Å². The van der Waals surface area contributed by atoms with Crippen LogP contribution < -0.4 is 14.7 Å². The molecule has 7 heteroatoms. The van der Waals surface area contributed by atoms with Crippen LogP contribution in [-0.2, 0) is 14.4 Å². The van der Waals surface area contributed by atoms with Crippen molar-refractivity contribution in [3.8, 4) is 5.75 Å². The number of carbonyl (C=O) groups is 2. The SMILES string of the molecule is COc1ccc(N2O[C@@H]3C(=O)N(c4ccc(C)c(Cl)c4)C(=O)[C@@H]3[C@H]2c2ccccc2)cc1. The molecule has 2 fully saturated rings. The molecule has 2 saturated heterocycles. The van der Waals surface area contributed by atoms with E-state index in [9.17, 15) is 9.59 Å². The van der Waals surface area contributed by atoms with Gasteiger partial charge in [0.2, 0.25) is 5.91 Å². The molecule has 0 bridgehead atoms. The Balaban J connectivity index is 1.56. The third kappa shape index (κ3) is 3.23. The summed E-state index contributed by atoms with van der Waals surface area (Å²) in [4.78, 5) is 34.3. The summed E-state index contributed by atoms with van der Waals surface area (Å²) in [7, 11) is 1.60. The van der Waals surface area contributed by atoms with E-state index < -0.39 is 24.0 Å². The highest BCUT2D eigenvalue weighted by molar-refractivity contribution is 6.32. The Hall–Kier alpha value is -3.35. The zero-order chi connectivity index (χ0) is 22.4. The molecular weight excluding hydrogens is 428 g/mol. The van der Waals surface area contributed by atoms with Crippen molar-refractivity contribution in [1.29, 1.82) is 0 Å². The number of rotatable bonds is 4. The lowest BCUT2D eigenvalue weighted by atomic mass is 9.90. The fourth-order valence-electron chi connectivity index (χ4n) is 4.33. The van der Waals surface area contributed by atoms with Crippen LogP contribution in [0.2, 0.25) is 5.02 Å². The molecule has 0 aliphatic carbocycles. The fraction of sp³-hybridized carbons (Fsp3) is 0.200. The number of hydroxylamine groups is 1. The van der Waals surface area contributed by atoms with Gasteiger partial charge in [-0.25, -0.2) is 9.96 Å². The van der Waals surface area contributed by atoms with Crippen molar-refractivity contribution in [2.45, 2.75) is 19.1 Å². The van der Waals surface area contributed by atoms with Crippen molar-refractivity contribution in [3.63, 3.8) is 0 Å². The number of fused-ring (bicyclic) bond motifs is 1. The topological polar surface area (TPSA) is 59.1 Å². The second-order valence-corrected chi connectivity index (χ2v) is 8.28. The van der Waals surface area contributed by atoms with E-state index in [1.54, 1.807) is 30.4 Å². The number of imide groups is 1. The van der Waals surface area contributed by atoms with E-state index in [-0.39, 0.29) is 5.91 Å². The van der Waals surface area contributed by atoms with Gasteiger partial charge >= 0.3 is 0 Å². The standard InChI is InChI=1S/C25H21ClN2O4/c1-15-8-9-18(14-20(15)26)27-24(29)21-22(16-6-4-3-5-7-16)28(32-23(21)25(27)30)17-10-12-19(31-2)13-11-17/h3-14,21-23H,1-2H3/t21-,22-,23+/m1/s1. The maximum atomic E-state index is 13.6. The summed E-state index contributed by atoms with van der Waals surface area (Å²) >= 11 is 6.26. The smallest absolute Gasteiger partial charge is 0.266 e. The summed E-state index contributed by atoms with van der Waals surface area (Å²) in [5, 5.41) is 2.17. The molecule has 2 amide bonds. The quantitative estimate of drug-likeness (QED) is 0.541. The van der Waals surface area contributed by atoms with E-state index in [0.29, 0.717) is 16.5 Å². The normalized spacial score (nSPS) is 22.4. The minimum Gasteiger partial charge on any atom is -0.497 e. The molecule has 2 aliphatic heterocycles. The second-order valence-electron chi connectivity index (χ2n) is 7.88. The molecule has 3 atom stereocenters. The van der Waals surface area contributed by atoms with Crippen LogP contribution in [0.5, 0.6) is 5.75 Å². The van der Waals surface area contributed by atoms with E-state index in [0.717, 1.165) is 16.8 Å². The van der Waals surface area contributed by atoms with Gasteiger partial charge in [-0.1, -0.05) is 48.0 Å². The number of carbonyl (C=O) groups excluding carboxylic acids is 2. The Morgan fingerprint density at radius 3 is 2.25 bits per heavy atom. The van der Waals surface area contributed by atoms with Crippen LogP contribution in [0.4, 0.5) is 11.4 Å². The van der Waals surface area contributed by atoms with E-state index in [4.69, 9.17) is 21.2 Å². The molecule has 0 aromatic heterocycles. The first-order valence-corrected chi connectivity index (χ1v) is 10.7. The van der Waals surface area contributed by atoms with Gasteiger partial charge in [-0.3, -0.25) is 14.4 Å². The minimum atomic E-state index is -0.921. The van der Waals surface area contributed by atoms with Crippen LogP contribution >= 0.6 is 11.6 Å². The average molecular weight is 449 g/mol. The highest BCUT2D eigenvalue weighted by atomic mass is 35.5. The lowest BCUT2D eigenvalue weighted by Gasteiger charge is -2.29. The molecule has 0 spiro atoms. The van der Waals surface area contributed by atoms with Gasteiger partial charge < -0.3 is 4.74 Å². The third-order valence-corrected chi connectivity index (χ3v) is 6.40. The molecule has 162 valence electrons. The van der Waals surface area contributed by atoms with Crippen molar-refractivity contribution in [1.82, 2.24) is 0 Å². The minimum absolute atomic E-state index is 0.301. The molecule has 3 aromatic carbocycles. The van der Waals surface area contributed by atoms with Crippen LogP contribution in [0.3, 0.4) is 0 Å². The number of halogens is 1. The van der Waals surface area contributed by atoms with E-state index >= 15 is 0 Å². The number of hydrogen-bond acceptors (Lipinski definition) is 5. The maximum absolute atomic E-state index is 13.6. The van der Waals surface area contributed by atoms with Gasteiger partial charge in [-0.2, -0.15) is 0 Å². The number of aryl methyl sites for hydroxylation is 1. The van der Waals surface area contributed by atoms with Crippen LogP contribution in [-0.4, -0.2) is 25.0 Å². The van der Waals surface area contributed by atoms with Crippen LogP contribution in [0.1, 0.15) is 17.2 Å². The Morgan fingerprint density at radius 2 is 1.59 bits per heavy atom. The first-order chi connectivity index (χ1) is 15.5. The monoisotopic (exact) mass is 448 g/mol. The van der Waals surface area contributed by atoms with E-state index in [2.05, 4.69) is 0 Å². The van der Waals surface area contributed by atoms with Crippen molar-refractivity contribution in [2.75, 3.05) is 17.1 Å². The Kier molecular flexibility index (Phi) is 5.12. The third-order valence-electron chi connectivity index (χ3n) is 6.00. The number of benzene rings is 3. The summed E-state index contributed by atoms with van der Waals surface area (Å²) in [5.74, 6) is -0.673. The number of nitrogens with zero attached hydrogens (tertiary/aromatic N) is 2. The van der Waals surface area contributed by atoms with Crippen LogP contribution in [0.15, 0.2) is 72.8 Å². The van der Waals surface area contributed by atoms with Gasteiger partial charge in [-0.05, 0) is 54.4 Å². The molecule has 5 rings (SSSR count). The van der Waals surface area contributed by atoms with Gasteiger partial charge in [0.05, 0.1) is 24.5 Å². The van der Waals surface area contributed by atoms with E-state index in [1.165, 1.54) is 4.90 Å². The number of anilines is 2. The summed E-state index contributed by atoms with van der Waals surface area (Å²) in [6, 6.07) is 21.7. The summed E-state index contributed by atoms with van der Waals surface area (Å²) in [6.07, 6.45) is -0.921. The molecule has 6 nitrogen and oxygen atoms in total. The van der Waals surface area contributed by atoms with Crippen LogP contribution in [0, 0.1) is 12.8 Å². The van der Waals surface area contributed by atoms with Crippen molar-refractivity contribution in [3.05, 3.63) is 88.9 Å². The molecule has 2 aliphatic rings. The van der Waals surface area contributed by atoms with Gasteiger partial charge in [0.1, 0.15) is 11.7 Å². The van der Waals surface area contributed by atoms with Crippen molar-refractivity contribution >= 4 is 34.8 Å². The Bertz CT molecular complexity index is 1180. The maximum Gasteiger partial charge on any atom is 0.266 e. The molecular formula is C25H21ClN2O4. The highest BCUT2D eigenvalue weighted by Gasteiger charge is 2.60. The molecule has 0 unspecified atom stereocenters. The Labute approximate surface area is 190 Å². The molecule has 3 aromatic rings. The molecule has 32 heavy (non-hydrogen) atoms. The zero-order valence-corrected chi connectivity index (χ0v) is 18.3. The lowest BCUT2D eigenvalue weighted by Crippen LogP contribution is -2.37. The highest BCUT2D eigenvalue weighted by Crippen LogP contribution is 2.47. The molecule has 0 saturated carbocycles. The van der Waals surface area contributed by atoms with Crippen LogP contribution in [0.25, 0.3) is 0 Å². The number of hydrogen-bond donors (Lipinski definition) is 0. The number of methoxy groups -OCH3 is 1. The van der Waals surface area contributed by atoms with E-state index in [1.807, 2.05) is 61.5 Å². The zero-order valence-electron chi connectivity index (χ0n) is 17.6. The second kappa shape index (κ2) is 7.97. The van der Waals surface area contributed by atoms with Gasteiger partial charge in [0.25, 0.3) is 5.91 Å². The first-order valence-electron chi connectivity index (χ1n) is 10.3. The van der Waals surface area contributed by atoms with Gasteiger partial charge in [0.15, 0.2) is 6.10 Å². The predicted molar refractivity (Wildman–Crippen MR) is 122 cm³/mol. The molecule has 0 N–H and O–H groups in total. The first kappa shape index (κ1) is 20.5. The van der Waals surface area contributed by atoms with Crippen molar-refractivity contribution in [2.24, 2.45) is 5.92 Å². The largest absolute Gasteiger partial charge is 0.497 e. The molecule has 2 heterocycles. The van der Waals surface area contributed by atoms with Gasteiger partial charge in [-0.15, -0.1) is 0 Å². The fourth-order valence-corrected chi connectivity index (χ4v) is 4.51. The van der Waals surface area contributed by atoms with Crippen molar-refractivity contribution < 1.29 is 19.2 Å². The number of amides is 2. The molecule has 0 radical (unpaired) electrons. The average Bonchev–Trinajstić information content (AvgIpc) is 3.32. The summed E-state index contributed by atoms with van der Waals surface area (Å²) < 4.78 is 5.25. The summed E-state index contributed by atoms with van der Waals surface area (Å²) in [6.45, 7) is 1.87.